The quantitative estimate of drug-likeness (QED) is 0.318. The molecule has 2 aromatic heterocycles. The van der Waals surface area contributed by atoms with Crippen molar-refractivity contribution in [2.45, 2.75) is 39.3 Å². The van der Waals surface area contributed by atoms with E-state index >= 15 is 0 Å². The minimum Gasteiger partial charge on any atom is -0.368 e. The number of aryl methyl sites for hydroxylation is 1. The molecule has 5 rings (SSSR count). The van der Waals surface area contributed by atoms with Gasteiger partial charge in [0.1, 0.15) is 23.5 Å². The van der Waals surface area contributed by atoms with Gasteiger partial charge in [-0.2, -0.15) is 5.10 Å². The van der Waals surface area contributed by atoms with Crippen molar-refractivity contribution >= 4 is 17.8 Å². The number of carbonyl (C=O) groups is 2. The van der Waals surface area contributed by atoms with E-state index in [4.69, 9.17) is 5.73 Å². The van der Waals surface area contributed by atoms with Gasteiger partial charge in [-0.25, -0.2) is 19.3 Å². The first-order valence-electron chi connectivity index (χ1n) is 11.8. The van der Waals surface area contributed by atoms with Crippen LogP contribution in [0.3, 0.4) is 0 Å². The minimum atomic E-state index is -0.521. The van der Waals surface area contributed by atoms with Gasteiger partial charge in [0.25, 0.3) is 11.8 Å². The van der Waals surface area contributed by atoms with Crippen LogP contribution in [0, 0.1) is 19.7 Å². The Morgan fingerprint density at radius 2 is 1.89 bits per heavy atom. The number of benzene rings is 2. The van der Waals surface area contributed by atoms with E-state index in [0.717, 1.165) is 40.7 Å². The third-order valence-corrected chi connectivity index (χ3v) is 6.55. The van der Waals surface area contributed by atoms with E-state index in [0.29, 0.717) is 11.4 Å². The van der Waals surface area contributed by atoms with Crippen LogP contribution in [-0.4, -0.2) is 37.0 Å². The molecular weight excluding hydrogens is 475 g/mol. The van der Waals surface area contributed by atoms with Crippen LogP contribution in [0.25, 0.3) is 11.4 Å². The molecule has 0 aliphatic heterocycles. The lowest BCUT2D eigenvalue weighted by molar-refractivity contribution is 0.0931. The largest absolute Gasteiger partial charge is 0.368 e. The van der Waals surface area contributed by atoms with Crippen LogP contribution >= 0.6 is 0 Å². The topological polar surface area (TPSA) is 152 Å². The summed E-state index contributed by atoms with van der Waals surface area (Å²) in [6.45, 7) is 3.85. The Hall–Kier alpha value is -4.67. The standard InChI is InChI=1S/C26H25FN8O2/c1-13-9-15(3-7-19(13)27)11-29-24(36)21-10-22(34-26(28)33-21)25(37)32-20-8-6-16-14(2)17(4-5-18(16)20)23-30-12-31-35-23/h3-5,7,9-10,12,20H,6,8,11H2,1-2H3,(H,29,36)(H,32,37)(H2,28,33,34)(H,30,31,35)/t20-/m0/s1. The zero-order valence-electron chi connectivity index (χ0n) is 20.3. The van der Waals surface area contributed by atoms with Crippen LogP contribution < -0.4 is 16.4 Å². The maximum atomic E-state index is 13.5. The van der Waals surface area contributed by atoms with Gasteiger partial charge in [0, 0.05) is 18.2 Å². The van der Waals surface area contributed by atoms with Crippen molar-refractivity contribution in [3.8, 4) is 11.4 Å². The lowest BCUT2D eigenvalue weighted by Crippen LogP contribution is -2.30. The second-order valence-electron chi connectivity index (χ2n) is 8.97. The molecule has 0 saturated carbocycles. The second-order valence-corrected chi connectivity index (χ2v) is 8.97. The SMILES string of the molecule is Cc1cc(CNC(=O)c2cc(C(=O)N[C@H]3CCc4c3ccc(-c3ncn[nH]3)c4C)nc(N)n2)ccc1F. The first-order valence-corrected chi connectivity index (χ1v) is 11.8. The highest BCUT2D eigenvalue weighted by Crippen LogP contribution is 2.37. The van der Waals surface area contributed by atoms with E-state index in [1.807, 2.05) is 19.1 Å². The Balaban J connectivity index is 1.29. The number of rotatable bonds is 6. The molecule has 4 aromatic rings. The van der Waals surface area contributed by atoms with Crippen LogP contribution in [0.5, 0.6) is 0 Å². The third-order valence-electron chi connectivity index (χ3n) is 6.55. The number of nitrogens with zero attached hydrogens (tertiary/aromatic N) is 4. The van der Waals surface area contributed by atoms with Crippen molar-refractivity contribution in [2.75, 3.05) is 5.73 Å². The first kappa shape index (κ1) is 24.0. The zero-order chi connectivity index (χ0) is 26.1. The van der Waals surface area contributed by atoms with E-state index < -0.39 is 11.8 Å². The molecule has 188 valence electrons. The van der Waals surface area contributed by atoms with Crippen molar-refractivity contribution in [1.29, 1.82) is 0 Å². The van der Waals surface area contributed by atoms with E-state index in [2.05, 4.69) is 35.8 Å². The molecule has 1 atom stereocenters. The Bertz CT molecular complexity index is 1500. The van der Waals surface area contributed by atoms with Gasteiger partial charge >= 0.3 is 0 Å². The van der Waals surface area contributed by atoms with Gasteiger partial charge in [-0.15, -0.1) is 0 Å². The Morgan fingerprint density at radius 1 is 1.11 bits per heavy atom. The molecule has 1 aliphatic rings. The lowest BCUT2D eigenvalue weighted by Gasteiger charge is -2.16. The molecule has 0 unspecified atom stereocenters. The molecule has 0 bridgehead atoms. The number of nitrogen functional groups attached to an aromatic ring is 1. The van der Waals surface area contributed by atoms with Crippen molar-refractivity contribution in [1.82, 2.24) is 35.8 Å². The number of amides is 2. The normalized spacial score (nSPS) is 14.3. The van der Waals surface area contributed by atoms with Gasteiger partial charge in [-0.1, -0.05) is 24.3 Å². The average Bonchev–Trinajstić information content (AvgIpc) is 3.55. The van der Waals surface area contributed by atoms with E-state index in [9.17, 15) is 14.0 Å². The fraction of sp³-hybridized carbons (Fsp3) is 0.231. The molecule has 2 amide bonds. The van der Waals surface area contributed by atoms with Gasteiger partial charge in [0.2, 0.25) is 5.95 Å². The Labute approximate surface area is 212 Å². The van der Waals surface area contributed by atoms with Crippen LogP contribution in [0.4, 0.5) is 10.3 Å². The highest BCUT2D eigenvalue weighted by molar-refractivity contribution is 5.97. The van der Waals surface area contributed by atoms with Crippen molar-refractivity contribution in [3.63, 3.8) is 0 Å². The number of halogens is 1. The van der Waals surface area contributed by atoms with E-state index in [1.54, 1.807) is 19.1 Å². The van der Waals surface area contributed by atoms with E-state index in [1.165, 1.54) is 18.5 Å². The number of anilines is 1. The molecule has 0 fully saturated rings. The first-order chi connectivity index (χ1) is 17.8. The zero-order valence-corrected chi connectivity index (χ0v) is 20.3. The highest BCUT2D eigenvalue weighted by Gasteiger charge is 2.28. The number of hydrogen-bond donors (Lipinski definition) is 4. The van der Waals surface area contributed by atoms with Gasteiger partial charge in [-0.3, -0.25) is 14.7 Å². The monoisotopic (exact) mass is 500 g/mol. The molecule has 0 saturated heterocycles. The molecule has 0 spiro atoms. The Kier molecular flexibility index (Phi) is 6.34. The maximum Gasteiger partial charge on any atom is 0.270 e. The predicted molar refractivity (Wildman–Crippen MR) is 134 cm³/mol. The highest BCUT2D eigenvalue weighted by atomic mass is 19.1. The number of fused-ring (bicyclic) bond motifs is 1. The molecule has 37 heavy (non-hydrogen) atoms. The van der Waals surface area contributed by atoms with Crippen LogP contribution in [-0.2, 0) is 13.0 Å². The maximum absolute atomic E-state index is 13.5. The number of H-pyrrole nitrogens is 1. The van der Waals surface area contributed by atoms with Gasteiger partial charge in [0.15, 0.2) is 5.82 Å². The van der Waals surface area contributed by atoms with Crippen molar-refractivity contribution < 1.29 is 14.0 Å². The number of hydrogen-bond acceptors (Lipinski definition) is 7. The molecule has 5 N–H and O–H groups in total. The van der Waals surface area contributed by atoms with Crippen molar-refractivity contribution in [3.05, 3.63) is 87.7 Å². The number of carbonyl (C=O) groups excluding carboxylic acids is 2. The Morgan fingerprint density at radius 3 is 2.62 bits per heavy atom. The van der Waals surface area contributed by atoms with Gasteiger partial charge in [-0.05, 0) is 60.6 Å². The van der Waals surface area contributed by atoms with Crippen LogP contribution in [0.2, 0.25) is 0 Å². The third kappa shape index (κ3) is 4.88. The number of nitrogens with two attached hydrogens (primary N) is 1. The minimum absolute atomic E-state index is 0.00118. The molecule has 2 heterocycles. The summed E-state index contributed by atoms with van der Waals surface area (Å²) in [5.41, 5.74) is 11.2. The summed E-state index contributed by atoms with van der Waals surface area (Å²) >= 11 is 0. The number of nitrogens with one attached hydrogen (secondary N) is 3. The summed E-state index contributed by atoms with van der Waals surface area (Å²) in [6.07, 6.45) is 3.00. The number of aromatic amines is 1. The summed E-state index contributed by atoms with van der Waals surface area (Å²) in [6, 6.07) is 9.64. The number of aromatic nitrogens is 5. The molecule has 1 aliphatic carbocycles. The molecule has 2 aromatic carbocycles. The van der Waals surface area contributed by atoms with Crippen LogP contribution in [0.15, 0.2) is 42.7 Å². The summed E-state index contributed by atoms with van der Waals surface area (Å²) in [7, 11) is 0. The van der Waals surface area contributed by atoms with Gasteiger partial charge in [0.05, 0.1) is 6.04 Å². The van der Waals surface area contributed by atoms with Crippen molar-refractivity contribution in [2.24, 2.45) is 0 Å². The summed E-state index contributed by atoms with van der Waals surface area (Å²) in [5.74, 6) is -0.775. The smallest absolute Gasteiger partial charge is 0.270 e. The second kappa shape index (κ2) is 9.76. The lowest BCUT2D eigenvalue weighted by atomic mass is 9.97. The fourth-order valence-electron chi connectivity index (χ4n) is 4.64. The summed E-state index contributed by atoms with van der Waals surface area (Å²) in [5, 5.41) is 12.5. The molecule has 10 nitrogen and oxygen atoms in total. The summed E-state index contributed by atoms with van der Waals surface area (Å²) < 4.78 is 13.5. The predicted octanol–water partition coefficient (Wildman–Crippen LogP) is 2.95. The van der Waals surface area contributed by atoms with Crippen LogP contribution in [0.1, 0.15) is 61.3 Å². The average molecular weight is 501 g/mol. The summed E-state index contributed by atoms with van der Waals surface area (Å²) in [4.78, 5) is 38.0. The molecule has 11 heteroatoms. The molecular formula is C26H25FN8O2. The molecule has 0 radical (unpaired) electrons. The van der Waals surface area contributed by atoms with Gasteiger partial charge < -0.3 is 16.4 Å². The van der Waals surface area contributed by atoms with E-state index in [-0.39, 0.29) is 35.7 Å². The fourth-order valence-corrected chi connectivity index (χ4v) is 4.64.